The second-order valence-electron chi connectivity index (χ2n) is 5.58. The van der Waals surface area contributed by atoms with Gasteiger partial charge in [-0.15, -0.1) is 0 Å². The number of halogens is 1. The molecule has 0 bridgehead atoms. The van der Waals surface area contributed by atoms with E-state index in [4.69, 9.17) is 4.74 Å². The molecule has 2 fully saturated rings. The standard InChI is InChI=1S/C14H18FNO3S/c15-12-4-1-10(2-5-12)11-3-6-13(7-11)16-20(17,18)14-8-19-9-14/h1-2,4-5,11,13-14,16H,3,6-9H2. The molecule has 20 heavy (non-hydrogen) atoms. The van der Waals surface area contributed by atoms with Crippen LogP contribution in [0.4, 0.5) is 4.39 Å². The zero-order valence-corrected chi connectivity index (χ0v) is 11.9. The molecular weight excluding hydrogens is 281 g/mol. The van der Waals surface area contributed by atoms with Crippen LogP contribution in [0.3, 0.4) is 0 Å². The van der Waals surface area contributed by atoms with Gasteiger partial charge in [0.15, 0.2) is 0 Å². The Kier molecular flexibility index (Phi) is 3.79. The SMILES string of the molecule is O=S(=O)(NC1CCC(c2ccc(F)cc2)C1)C1COC1. The monoisotopic (exact) mass is 299 g/mol. The highest BCUT2D eigenvalue weighted by Gasteiger charge is 2.36. The molecule has 1 heterocycles. The Bertz CT molecular complexity index is 569. The molecule has 0 spiro atoms. The van der Waals surface area contributed by atoms with Gasteiger partial charge >= 0.3 is 0 Å². The largest absolute Gasteiger partial charge is 0.378 e. The average molecular weight is 299 g/mol. The minimum absolute atomic E-state index is 0.0179. The molecule has 1 saturated heterocycles. The van der Waals surface area contributed by atoms with E-state index in [2.05, 4.69) is 4.72 Å². The van der Waals surface area contributed by atoms with E-state index < -0.39 is 15.3 Å². The fraction of sp³-hybridized carbons (Fsp3) is 0.571. The third-order valence-electron chi connectivity index (χ3n) is 4.15. The van der Waals surface area contributed by atoms with Crippen molar-refractivity contribution >= 4 is 10.0 Å². The van der Waals surface area contributed by atoms with Crippen molar-refractivity contribution in [3.8, 4) is 0 Å². The van der Waals surface area contributed by atoms with E-state index >= 15 is 0 Å². The molecule has 6 heteroatoms. The van der Waals surface area contributed by atoms with Crippen LogP contribution in [0.5, 0.6) is 0 Å². The molecule has 1 aromatic rings. The maximum Gasteiger partial charge on any atom is 0.219 e. The third-order valence-corrected chi connectivity index (χ3v) is 5.96. The molecule has 0 radical (unpaired) electrons. The van der Waals surface area contributed by atoms with Crippen LogP contribution in [-0.4, -0.2) is 32.9 Å². The topological polar surface area (TPSA) is 55.4 Å². The third kappa shape index (κ3) is 2.87. The molecule has 1 aromatic carbocycles. The number of rotatable bonds is 4. The number of hydrogen-bond acceptors (Lipinski definition) is 3. The molecule has 2 atom stereocenters. The van der Waals surface area contributed by atoms with Crippen LogP contribution in [0.1, 0.15) is 30.7 Å². The van der Waals surface area contributed by atoms with Crippen molar-refractivity contribution < 1.29 is 17.5 Å². The quantitative estimate of drug-likeness (QED) is 0.922. The molecule has 1 aliphatic heterocycles. The van der Waals surface area contributed by atoms with Crippen LogP contribution < -0.4 is 4.72 Å². The van der Waals surface area contributed by atoms with E-state index in [0.29, 0.717) is 19.1 Å². The summed E-state index contributed by atoms with van der Waals surface area (Å²) in [5, 5.41) is -0.396. The van der Waals surface area contributed by atoms with E-state index in [1.165, 1.54) is 12.1 Å². The molecular formula is C14H18FNO3S. The van der Waals surface area contributed by atoms with Crippen molar-refractivity contribution in [1.29, 1.82) is 0 Å². The predicted octanol–water partition coefficient (Wildman–Crippen LogP) is 1.78. The van der Waals surface area contributed by atoms with Gasteiger partial charge in [-0.25, -0.2) is 17.5 Å². The smallest absolute Gasteiger partial charge is 0.219 e. The Labute approximate surface area is 118 Å². The van der Waals surface area contributed by atoms with Crippen LogP contribution in [0.25, 0.3) is 0 Å². The van der Waals surface area contributed by atoms with E-state index in [-0.39, 0.29) is 11.9 Å². The fourth-order valence-electron chi connectivity index (χ4n) is 2.85. The number of nitrogens with one attached hydrogen (secondary N) is 1. The lowest BCUT2D eigenvalue weighted by molar-refractivity contribution is 0.0410. The summed E-state index contributed by atoms with van der Waals surface area (Å²) >= 11 is 0. The first-order valence-corrected chi connectivity index (χ1v) is 8.43. The summed E-state index contributed by atoms with van der Waals surface area (Å²) < 4.78 is 44.7. The maximum absolute atomic E-state index is 12.9. The Morgan fingerprint density at radius 1 is 1.15 bits per heavy atom. The maximum atomic E-state index is 12.9. The van der Waals surface area contributed by atoms with Crippen molar-refractivity contribution in [1.82, 2.24) is 4.72 Å². The first-order chi connectivity index (χ1) is 9.54. The predicted molar refractivity (Wildman–Crippen MR) is 73.4 cm³/mol. The summed E-state index contributed by atoms with van der Waals surface area (Å²) in [4.78, 5) is 0. The molecule has 2 unspecified atom stereocenters. The summed E-state index contributed by atoms with van der Waals surface area (Å²) in [5.41, 5.74) is 1.08. The van der Waals surface area contributed by atoms with Gasteiger partial charge in [-0.05, 0) is 42.9 Å². The Morgan fingerprint density at radius 2 is 1.85 bits per heavy atom. The Hall–Kier alpha value is -0.980. The summed E-state index contributed by atoms with van der Waals surface area (Å²) in [6, 6.07) is 6.47. The lowest BCUT2D eigenvalue weighted by Gasteiger charge is -2.27. The second kappa shape index (κ2) is 5.42. The zero-order chi connectivity index (χ0) is 14.2. The Morgan fingerprint density at radius 3 is 2.45 bits per heavy atom. The van der Waals surface area contributed by atoms with Crippen LogP contribution in [-0.2, 0) is 14.8 Å². The van der Waals surface area contributed by atoms with Gasteiger partial charge in [-0.1, -0.05) is 12.1 Å². The first-order valence-electron chi connectivity index (χ1n) is 6.89. The molecule has 0 amide bonds. The molecule has 1 saturated carbocycles. The lowest BCUT2D eigenvalue weighted by atomic mass is 9.98. The van der Waals surface area contributed by atoms with Crippen molar-refractivity contribution in [3.63, 3.8) is 0 Å². The van der Waals surface area contributed by atoms with Crippen molar-refractivity contribution in [2.45, 2.75) is 36.5 Å². The van der Waals surface area contributed by atoms with Gasteiger partial charge in [-0.2, -0.15) is 0 Å². The summed E-state index contributed by atoms with van der Waals surface area (Å²) in [6.45, 7) is 0.590. The second-order valence-corrected chi connectivity index (χ2v) is 7.57. The van der Waals surface area contributed by atoms with Gasteiger partial charge in [0.2, 0.25) is 10.0 Å². The van der Waals surface area contributed by atoms with Gasteiger partial charge in [0, 0.05) is 6.04 Å². The van der Waals surface area contributed by atoms with Gasteiger partial charge in [0.05, 0.1) is 13.2 Å². The van der Waals surface area contributed by atoms with E-state index in [1.54, 1.807) is 12.1 Å². The molecule has 4 nitrogen and oxygen atoms in total. The van der Waals surface area contributed by atoms with Crippen molar-refractivity contribution in [3.05, 3.63) is 35.6 Å². The van der Waals surface area contributed by atoms with Crippen LogP contribution in [0.2, 0.25) is 0 Å². The van der Waals surface area contributed by atoms with Gasteiger partial charge in [0.25, 0.3) is 0 Å². The minimum Gasteiger partial charge on any atom is -0.378 e. The minimum atomic E-state index is -3.25. The van der Waals surface area contributed by atoms with Crippen LogP contribution in [0, 0.1) is 5.82 Å². The zero-order valence-electron chi connectivity index (χ0n) is 11.1. The average Bonchev–Trinajstić information content (AvgIpc) is 2.74. The number of sulfonamides is 1. The Balaban J connectivity index is 1.60. The first kappa shape index (κ1) is 14.0. The highest BCUT2D eigenvalue weighted by molar-refractivity contribution is 7.90. The van der Waals surface area contributed by atoms with E-state index in [9.17, 15) is 12.8 Å². The molecule has 2 aliphatic rings. The summed E-state index contributed by atoms with van der Waals surface area (Å²) in [7, 11) is -3.25. The van der Waals surface area contributed by atoms with Crippen LogP contribution >= 0.6 is 0 Å². The van der Waals surface area contributed by atoms with Crippen molar-refractivity contribution in [2.75, 3.05) is 13.2 Å². The molecule has 0 aromatic heterocycles. The molecule has 3 rings (SSSR count). The highest BCUT2D eigenvalue weighted by Crippen LogP contribution is 2.35. The van der Waals surface area contributed by atoms with E-state index in [0.717, 1.165) is 24.8 Å². The molecule has 1 aliphatic carbocycles. The number of benzene rings is 1. The van der Waals surface area contributed by atoms with Crippen molar-refractivity contribution in [2.24, 2.45) is 0 Å². The number of hydrogen-bond donors (Lipinski definition) is 1. The fourth-order valence-corrected chi connectivity index (χ4v) is 4.27. The summed E-state index contributed by atoms with van der Waals surface area (Å²) in [6.07, 6.45) is 2.53. The van der Waals surface area contributed by atoms with E-state index in [1.807, 2.05) is 0 Å². The molecule has 1 N–H and O–H groups in total. The van der Waals surface area contributed by atoms with Gasteiger partial charge in [-0.3, -0.25) is 0 Å². The molecule has 110 valence electrons. The van der Waals surface area contributed by atoms with Gasteiger partial charge in [0.1, 0.15) is 11.1 Å². The highest BCUT2D eigenvalue weighted by atomic mass is 32.2. The summed E-state index contributed by atoms with van der Waals surface area (Å²) in [5.74, 6) is 0.0647. The normalized spacial score (nSPS) is 27.4. The van der Waals surface area contributed by atoms with Crippen LogP contribution in [0.15, 0.2) is 24.3 Å². The lowest BCUT2D eigenvalue weighted by Crippen LogP contribution is -2.49. The number of ether oxygens (including phenoxy) is 1. The van der Waals surface area contributed by atoms with Gasteiger partial charge < -0.3 is 4.74 Å².